The molecule has 0 fully saturated rings. The van der Waals surface area contributed by atoms with Gasteiger partial charge in [-0.25, -0.2) is 4.39 Å². The predicted molar refractivity (Wildman–Crippen MR) is 131 cm³/mol. The summed E-state index contributed by atoms with van der Waals surface area (Å²) in [4.78, 5) is 12.5. The molecule has 0 aliphatic heterocycles. The number of carbonyl (C=O) groups is 1. The third kappa shape index (κ3) is 5.56. The van der Waals surface area contributed by atoms with Gasteiger partial charge in [-0.3, -0.25) is 4.79 Å². The Hall–Kier alpha value is -3.14. The zero-order valence-corrected chi connectivity index (χ0v) is 19.6. The monoisotopic (exact) mass is 433 g/mol. The van der Waals surface area contributed by atoms with Crippen molar-refractivity contribution in [1.82, 2.24) is 0 Å². The first-order valence-electron chi connectivity index (χ1n) is 11.0. The van der Waals surface area contributed by atoms with Gasteiger partial charge in [0.1, 0.15) is 11.6 Å². The lowest BCUT2D eigenvalue weighted by Gasteiger charge is -2.33. The highest BCUT2D eigenvalue weighted by atomic mass is 19.1. The highest BCUT2D eigenvalue weighted by Crippen LogP contribution is 2.41. The highest BCUT2D eigenvalue weighted by molar-refractivity contribution is 6.04. The fraction of sp³-hybridized carbons (Fsp3) is 0.321. The molecule has 2 aromatic rings. The normalized spacial score (nSPS) is 16.7. The molecule has 1 amide bonds. The Morgan fingerprint density at radius 1 is 1.06 bits per heavy atom. The van der Waals surface area contributed by atoms with E-state index in [-0.39, 0.29) is 17.1 Å². The van der Waals surface area contributed by atoms with Crippen LogP contribution in [0.4, 0.5) is 10.1 Å². The first-order valence-corrected chi connectivity index (χ1v) is 11.0. The molecule has 1 N–H and O–H groups in total. The number of carbonyl (C=O) groups excluding carboxylic acids is 1. The third-order valence-corrected chi connectivity index (χ3v) is 6.14. The molecule has 0 aromatic heterocycles. The minimum Gasteiger partial charge on any atom is -0.497 e. The van der Waals surface area contributed by atoms with E-state index in [1.165, 1.54) is 17.6 Å². The predicted octanol–water partition coefficient (Wildman–Crippen LogP) is 7.73. The summed E-state index contributed by atoms with van der Waals surface area (Å²) in [6.45, 7) is 8.45. The Bertz CT molecular complexity index is 1060. The molecule has 0 saturated carbocycles. The lowest BCUT2D eigenvalue weighted by atomic mass is 9.72. The smallest absolute Gasteiger partial charge is 0.255 e. The molecule has 1 aliphatic carbocycles. The van der Waals surface area contributed by atoms with Gasteiger partial charge < -0.3 is 10.1 Å². The first-order chi connectivity index (χ1) is 15.2. The number of methoxy groups -OCH3 is 1. The molecule has 0 spiro atoms. The first kappa shape index (κ1) is 23.5. The molecule has 0 atom stereocenters. The van der Waals surface area contributed by atoms with Gasteiger partial charge in [0.15, 0.2) is 0 Å². The standard InChI is InChI=1S/C28H32FNO2/c1-19-7-6-18-28(3,4)25(19)17-8-20(2)26(29)21-9-11-22(12-10-21)27(31)30-23-13-15-24(32-5)16-14-23/h8-17H,6-7,18H2,1-5H3,(H,30,31). The number of anilines is 1. The number of benzene rings is 2. The minimum atomic E-state index is -0.282. The van der Waals surface area contributed by atoms with Crippen LogP contribution in [0.2, 0.25) is 0 Å². The van der Waals surface area contributed by atoms with E-state index in [0.717, 1.165) is 18.6 Å². The number of halogens is 1. The van der Waals surface area contributed by atoms with Crippen molar-refractivity contribution >= 4 is 17.4 Å². The quantitative estimate of drug-likeness (QED) is 0.473. The van der Waals surface area contributed by atoms with Crippen molar-refractivity contribution in [2.75, 3.05) is 12.4 Å². The van der Waals surface area contributed by atoms with E-state index >= 15 is 4.39 Å². The van der Waals surface area contributed by atoms with E-state index in [2.05, 4.69) is 32.2 Å². The molecule has 0 radical (unpaired) electrons. The molecule has 0 heterocycles. The molecule has 0 bridgehead atoms. The van der Waals surface area contributed by atoms with E-state index in [0.29, 0.717) is 22.4 Å². The largest absolute Gasteiger partial charge is 0.497 e. The van der Waals surface area contributed by atoms with Crippen molar-refractivity contribution in [1.29, 1.82) is 0 Å². The average Bonchev–Trinajstić information content (AvgIpc) is 2.78. The van der Waals surface area contributed by atoms with Crippen molar-refractivity contribution in [2.24, 2.45) is 5.41 Å². The number of nitrogens with one attached hydrogen (secondary N) is 1. The number of hydrogen-bond acceptors (Lipinski definition) is 2. The zero-order valence-electron chi connectivity index (χ0n) is 19.6. The molecule has 3 nitrogen and oxygen atoms in total. The van der Waals surface area contributed by atoms with Crippen molar-refractivity contribution in [3.8, 4) is 5.75 Å². The second-order valence-electron chi connectivity index (χ2n) is 9.02. The van der Waals surface area contributed by atoms with Crippen LogP contribution in [0.1, 0.15) is 62.9 Å². The summed E-state index contributed by atoms with van der Waals surface area (Å²) in [6, 6.07) is 13.7. The number of ether oxygens (including phenoxy) is 1. The van der Waals surface area contributed by atoms with E-state index in [9.17, 15) is 4.79 Å². The summed E-state index contributed by atoms with van der Waals surface area (Å²) in [6.07, 6.45) is 7.40. The van der Waals surface area contributed by atoms with Crippen LogP contribution < -0.4 is 10.1 Å². The van der Waals surface area contributed by atoms with Gasteiger partial charge in [0.25, 0.3) is 5.91 Å². The molecule has 3 rings (SSSR count). The van der Waals surface area contributed by atoms with E-state index in [4.69, 9.17) is 4.74 Å². The van der Waals surface area contributed by atoms with E-state index < -0.39 is 0 Å². The third-order valence-electron chi connectivity index (χ3n) is 6.14. The fourth-order valence-corrected chi connectivity index (χ4v) is 4.17. The zero-order chi connectivity index (χ0) is 23.3. The van der Waals surface area contributed by atoms with Crippen molar-refractivity contribution in [3.63, 3.8) is 0 Å². The van der Waals surface area contributed by atoms with Crippen molar-refractivity contribution in [3.05, 3.63) is 88.5 Å². The number of allylic oxidation sites excluding steroid dienone is 5. The van der Waals surface area contributed by atoms with Crippen molar-refractivity contribution < 1.29 is 13.9 Å². The topological polar surface area (TPSA) is 38.3 Å². The van der Waals surface area contributed by atoms with Crippen LogP contribution in [0.25, 0.3) is 5.83 Å². The van der Waals surface area contributed by atoms with Crippen molar-refractivity contribution in [2.45, 2.75) is 47.0 Å². The SMILES string of the molecule is COc1ccc(NC(=O)c2ccc(C(F)=C(C)C=CC3=C(C)CCCC3(C)C)cc2)cc1. The van der Waals surface area contributed by atoms with Gasteiger partial charge in [-0.15, -0.1) is 0 Å². The Balaban J connectivity index is 1.72. The number of hydrogen-bond donors (Lipinski definition) is 1. The molecular weight excluding hydrogens is 401 g/mol. The summed E-state index contributed by atoms with van der Waals surface area (Å²) in [5.74, 6) is 0.192. The Labute approximate surface area is 190 Å². The molecule has 2 aromatic carbocycles. The van der Waals surface area contributed by atoms with Gasteiger partial charge in [0.05, 0.1) is 7.11 Å². The van der Waals surface area contributed by atoms with Crippen LogP contribution in [-0.2, 0) is 0 Å². The summed E-state index contributed by atoms with van der Waals surface area (Å²) < 4.78 is 20.1. The van der Waals surface area contributed by atoms with Gasteiger partial charge in [-0.1, -0.05) is 43.7 Å². The Morgan fingerprint density at radius 3 is 2.28 bits per heavy atom. The molecule has 4 heteroatoms. The highest BCUT2D eigenvalue weighted by Gasteiger charge is 2.26. The van der Waals surface area contributed by atoms with E-state index in [1.54, 1.807) is 62.6 Å². The average molecular weight is 434 g/mol. The van der Waals surface area contributed by atoms with Gasteiger partial charge in [0.2, 0.25) is 0 Å². The second-order valence-corrected chi connectivity index (χ2v) is 9.02. The minimum absolute atomic E-state index is 0.120. The molecule has 0 saturated heterocycles. The van der Waals surface area contributed by atoms with Crippen LogP contribution in [0.5, 0.6) is 5.75 Å². The molecule has 32 heavy (non-hydrogen) atoms. The Kier molecular flexibility index (Phi) is 7.34. The number of amides is 1. The lowest BCUT2D eigenvalue weighted by Crippen LogP contribution is -2.19. The second kappa shape index (κ2) is 9.99. The summed E-state index contributed by atoms with van der Waals surface area (Å²) in [5.41, 5.74) is 4.98. The maximum Gasteiger partial charge on any atom is 0.255 e. The maximum absolute atomic E-state index is 15.0. The molecule has 0 unspecified atom stereocenters. The summed E-state index contributed by atoms with van der Waals surface area (Å²) in [5, 5.41) is 2.83. The molecule has 168 valence electrons. The van der Waals surface area contributed by atoms with Gasteiger partial charge in [-0.05, 0) is 86.1 Å². The summed E-state index contributed by atoms with van der Waals surface area (Å²) in [7, 11) is 1.59. The maximum atomic E-state index is 15.0. The van der Waals surface area contributed by atoms with Crippen LogP contribution in [0.15, 0.2) is 77.4 Å². The van der Waals surface area contributed by atoms with Gasteiger partial charge in [0, 0.05) is 16.8 Å². The van der Waals surface area contributed by atoms with Gasteiger partial charge >= 0.3 is 0 Å². The molecule has 1 aliphatic rings. The van der Waals surface area contributed by atoms with Crippen LogP contribution in [-0.4, -0.2) is 13.0 Å². The van der Waals surface area contributed by atoms with Crippen LogP contribution in [0, 0.1) is 5.41 Å². The Morgan fingerprint density at radius 2 is 1.69 bits per heavy atom. The molecular formula is C28H32FNO2. The van der Waals surface area contributed by atoms with Crippen LogP contribution >= 0.6 is 0 Å². The number of rotatable bonds is 6. The van der Waals surface area contributed by atoms with E-state index in [1.807, 2.05) is 6.08 Å². The van der Waals surface area contributed by atoms with Gasteiger partial charge in [-0.2, -0.15) is 0 Å². The fourth-order valence-electron chi connectivity index (χ4n) is 4.17. The lowest BCUT2D eigenvalue weighted by molar-refractivity contribution is 0.102. The van der Waals surface area contributed by atoms with Crippen LogP contribution in [0.3, 0.4) is 0 Å². The summed E-state index contributed by atoms with van der Waals surface area (Å²) >= 11 is 0.